The fraction of sp³-hybridized carbons (Fsp3) is 0.294. The lowest BCUT2D eigenvalue weighted by molar-refractivity contribution is 0.0360. The lowest BCUT2D eigenvalue weighted by atomic mass is 10.2. The predicted octanol–water partition coefficient (Wildman–Crippen LogP) is 3.75. The van der Waals surface area contributed by atoms with Gasteiger partial charge in [-0.2, -0.15) is 0 Å². The molecule has 0 radical (unpaired) electrons. The van der Waals surface area contributed by atoms with Gasteiger partial charge in [-0.3, -0.25) is 4.90 Å². The van der Waals surface area contributed by atoms with Gasteiger partial charge in [-0.25, -0.2) is 4.39 Å². The zero-order valence-electron chi connectivity index (χ0n) is 12.3. The van der Waals surface area contributed by atoms with Crippen LogP contribution in [0.1, 0.15) is 5.56 Å². The summed E-state index contributed by atoms with van der Waals surface area (Å²) in [7, 11) is 2.02. The number of nitrogens with zero attached hydrogens (tertiary/aromatic N) is 1. The van der Waals surface area contributed by atoms with Gasteiger partial charge in [0.1, 0.15) is 18.5 Å². The van der Waals surface area contributed by atoms with Gasteiger partial charge in [0, 0.05) is 24.2 Å². The van der Waals surface area contributed by atoms with E-state index in [0.717, 1.165) is 18.7 Å². The average molecular weight is 322 g/mol. The third-order valence-corrected chi connectivity index (χ3v) is 3.75. The minimum absolute atomic E-state index is 0.0836. The molecule has 0 saturated carbocycles. The second-order valence-corrected chi connectivity index (χ2v) is 5.91. The summed E-state index contributed by atoms with van der Waals surface area (Å²) in [5.41, 5.74) is 0.950. The van der Waals surface area contributed by atoms with Crippen molar-refractivity contribution in [3.63, 3.8) is 0 Å². The molecular weight excluding hydrogens is 305 g/mol. The Morgan fingerprint density at radius 3 is 2.73 bits per heavy atom. The molecule has 2 aromatic rings. The van der Waals surface area contributed by atoms with Crippen LogP contribution in [0.5, 0.6) is 11.5 Å². The van der Waals surface area contributed by atoms with Crippen LogP contribution in [0.25, 0.3) is 0 Å². The minimum Gasteiger partial charge on any atom is -0.485 e. The summed E-state index contributed by atoms with van der Waals surface area (Å²) in [6.45, 7) is 2.03. The predicted molar refractivity (Wildman–Crippen MR) is 84.1 cm³/mol. The number of ether oxygens (including phenoxy) is 2. The van der Waals surface area contributed by atoms with Gasteiger partial charge < -0.3 is 9.47 Å². The van der Waals surface area contributed by atoms with E-state index in [1.165, 1.54) is 12.1 Å². The van der Waals surface area contributed by atoms with Crippen molar-refractivity contribution in [1.82, 2.24) is 4.90 Å². The van der Waals surface area contributed by atoms with Gasteiger partial charge in [-0.1, -0.05) is 23.7 Å². The molecule has 0 bridgehead atoms. The number of likely N-dealkylation sites (N-methyl/N-ethyl adjacent to an activating group) is 1. The maximum Gasteiger partial charge on any atom is 0.164 e. The van der Waals surface area contributed by atoms with Gasteiger partial charge in [0.15, 0.2) is 11.5 Å². The van der Waals surface area contributed by atoms with Gasteiger partial charge in [0.25, 0.3) is 0 Å². The van der Waals surface area contributed by atoms with Crippen molar-refractivity contribution in [1.29, 1.82) is 0 Å². The maximum atomic E-state index is 13.4. The van der Waals surface area contributed by atoms with Gasteiger partial charge in [0.2, 0.25) is 0 Å². The number of hydrogen-bond donors (Lipinski definition) is 0. The molecule has 2 aromatic carbocycles. The Kier molecular flexibility index (Phi) is 4.50. The molecule has 3 rings (SSSR count). The number of halogens is 2. The molecule has 0 aliphatic carbocycles. The number of hydrogen-bond acceptors (Lipinski definition) is 3. The maximum absolute atomic E-state index is 13.4. The highest BCUT2D eigenvalue weighted by molar-refractivity contribution is 6.30. The molecule has 0 aromatic heterocycles. The van der Waals surface area contributed by atoms with Crippen LogP contribution >= 0.6 is 11.6 Å². The molecule has 22 heavy (non-hydrogen) atoms. The van der Waals surface area contributed by atoms with E-state index in [-0.39, 0.29) is 11.9 Å². The van der Waals surface area contributed by atoms with Gasteiger partial charge >= 0.3 is 0 Å². The molecule has 1 saturated heterocycles. The molecule has 1 fully saturated rings. The van der Waals surface area contributed by atoms with Crippen molar-refractivity contribution < 1.29 is 13.9 Å². The first-order valence-corrected chi connectivity index (χ1v) is 7.50. The summed E-state index contributed by atoms with van der Waals surface area (Å²) in [6.07, 6.45) is 0.0836. The topological polar surface area (TPSA) is 21.7 Å². The molecule has 3 nitrogen and oxygen atoms in total. The summed E-state index contributed by atoms with van der Waals surface area (Å²) in [5, 5.41) is 0.661. The zero-order chi connectivity index (χ0) is 15.5. The van der Waals surface area contributed by atoms with Gasteiger partial charge in [-0.15, -0.1) is 0 Å². The summed E-state index contributed by atoms with van der Waals surface area (Å²) in [4.78, 5) is 2.14. The Morgan fingerprint density at radius 2 is 2.00 bits per heavy atom. The summed E-state index contributed by atoms with van der Waals surface area (Å²) >= 11 is 5.95. The van der Waals surface area contributed by atoms with Crippen LogP contribution in [-0.2, 0) is 6.61 Å². The van der Waals surface area contributed by atoms with Crippen LogP contribution in [0.2, 0.25) is 5.02 Å². The molecule has 1 heterocycles. The van der Waals surface area contributed by atoms with E-state index in [1.807, 2.05) is 31.3 Å². The molecule has 1 aliphatic heterocycles. The smallest absolute Gasteiger partial charge is 0.164 e. The van der Waals surface area contributed by atoms with E-state index >= 15 is 0 Å². The van der Waals surface area contributed by atoms with E-state index in [9.17, 15) is 4.39 Å². The van der Waals surface area contributed by atoms with Crippen LogP contribution < -0.4 is 9.47 Å². The normalized spacial score (nSPS) is 15.4. The molecule has 0 spiro atoms. The Morgan fingerprint density at radius 1 is 1.18 bits per heavy atom. The third kappa shape index (κ3) is 3.70. The lowest BCUT2D eigenvalue weighted by Gasteiger charge is -2.36. The molecular formula is C17H17ClFNO2. The highest BCUT2D eigenvalue weighted by atomic mass is 35.5. The van der Waals surface area contributed by atoms with Crippen molar-refractivity contribution in [2.45, 2.75) is 12.7 Å². The van der Waals surface area contributed by atoms with Crippen molar-refractivity contribution in [2.75, 3.05) is 20.1 Å². The molecule has 1 aliphatic rings. The Hall–Kier alpha value is -1.78. The minimum atomic E-state index is -0.335. The SMILES string of the molecule is CN1CC(Oc2cc(F)ccc2OCc2cccc(Cl)c2)C1. The molecule has 116 valence electrons. The fourth-order valence-corrected chi connectivity index (χ4v) is 2.59. The quantitative estimate of drug-likeness (QED) is 0.837. The van der Waals surface area contributed by atoms with E-state index in [2.05, 4.69) is 4.90 Å². The summed E-state index contributed by atoms with van der Waals surface area (Å²) < 4.78 is 25.0. The number of likely N-dealkylation sites (tertiary alicyclic amines) is 1. The first-order valence-electron chi connectivity index (χ1n) is 7.12. The van der Waals surface area contributed by atoms with Gasteiger partial charge in [-0.05, 0) is 36.9 Å². The van der Waals surface area contributed by atoms with Crippen LogP contribution in [0, 0.1) is 5.82 Å². The third-order valence-electron chi connectivity index (χ3n) is 3.51. The van der Waals surface area contributed by atoms with E-state index in [4.69, 9.17) is 21.1 Å². The van der Waals surface area contributed by atoms with Crippen molar-refractivity contribution in [2.24, 2.45) is 0 Å². The van der Waals surface area contributed by atoms with Crippen LogP contribution in [0.4, 0.5) is 4.39 Å². The van der Waals surface area contributed by atoms with Crippen LogP contribution in [0.15, 0.2) is 42.5 Å². The zero-order valence-corrected chi connectivity index (χ0v) is 13.0. The largest absolute Gasteiger partial charge is 0.485 e. The first kappa shape index (κ1) is 15.1. The monoisotopic (exact) mass is 321 g/mol. The van der Waals surface area contributed by atoms with Gasteiger partial charge in [0.05, 0.1) is 0 Å². The Labute approximate surface area is 134 Å². The second-order valence-electron chi connectivity index (χ2n) is 5.47. The highest BCUT2D eigenvalue weighted by Crippen LogP contribution is 2.31. The molecule has 0 N–H and O–H groups in total. The molecule has 5 heteroatoms. The highest BCUT2D eigenvalue weighted by Gasteiger charge is 2.26. The van der Waals surface area contributed by atoms with Crippen molar-refractivity contribution >= 4 is 11.6 Å². The summed E-state index contributed by atoms with van der Waals surface area (Å²) in [6, 6.07) is 11.8. The Bertz CT molecular complexity index is 659. The van der Waals surface area contributed by atoms with Crippen LogP contribution in [-0.4, -0.2) is 31.1 Å². The molecule has 0 atom stereocenters. The summed E-state index contributed by atoms with van der Waals surface area (Å²) in [5.74, 6) is 0.647. The molecule has 0 amide bonds. The Balaban J connectivity index is 1.69. The van der Waals surface area contributed by atoms with Crippen molar-refractivity contribution in [3.8, 4) is 11.5 Å². The van der Waals surface area contributed by atoms with E-state index in [1.54, 1.807) is 6.07 Å². The fourth-order valence-electron chi connectivity index (χ4n) is 2.38. The average Bonchev–Trinajstić information content (AvgIpc) is 2.45. The van der Waals surface area contributed by atoms with Crippen LogP contribution in [0.3, 0.4) is 0 Å². The number of rotatable bonds is 5. The van der Waals surface area contributed by atoms with Crippen molar-refractivity contribution in [3.05, 3.63) is 58.9 Å². The first-order chi connectivity index (χ1) is 10.6. The van der Waals surface area contributed by atoms with E-state index in [0.29, 0.717) is 23.1 Å². The lowest BCUT2D eigenvalue weighted by Crippen LogP contribution is -2.51. The second kappa shape index (κ2) is 6.55. The standard InChI is InChI=1S/C17H17ClFNO2/c1-20-9-15(10-20)22-17-8-14(19)5-6-16(17)21-11-12-3-2-4-13(18)7-12/h2-8,15H,9-11H2,1H3. The van der Waals surface area contributed by atoms with E-state index < -0.39 is 0 Å². The molecule has 0 unspecified atom stereocenters. The number of benzene rings is 2.